The highest BCUT2D eigenvalue weighted by Gasteiger charge is 2.25. The van der Waals surface area contributed by atoms with Gasteiger partial charge in [-0.15, -0.1) is 0 Å². The fourth-order valence-electron chi connectivity index (χ4n) is 8.43. The number of aliphatic hydroxyl groups is 2. The van der Waals surface area contributed by atoms with Crippen molar-refractivity contribution in [2.45, 2.75) is 117 Å². The number of ether oxygens (including phenoxy) is 3. The van der Waals surface area contributed by atoms with Crippen LogP contribution < -0.4 is 4.74 Å². The molecule has 0 bridgehead atoms. The highest BCUT2D eigenvalue weighted by atomic mass is 19.1. The van der Waals surface area contributed by atoms with Crippen LogP contribution in [-0.2, 0) is 31.9 Å². The molecule has 2 N–H and O–H groups in total. The lowest BCUT2D eigenvalue weighted by Gasteiger charge is -2.29. The van der Waals surface area contributed by atoms with Gasteiger partial charge in [0.15, 0.2) is 0 Å². The summed E-state index contributed by atoms with van der Waals surface area (Å²) in [6, 6.07) is 22.1. The lowest BCUT2D eigenvalue weighted by Crippen LogP contribution is -2.28. The molecule has 1 aliphatic carbocycles. The topological polar surface area (TPSA) is 102 Å². The first kappa shape index (κ1) is 49.9. The second-order valence-electron chi connectivity index (χ2n) is 18.1. The molecular formula is C55H68F2O7. The van der Waals surface area contributed by atoms with Crippen LogP contribution in [-0.4, -0.2) is 55.2 Å². The Morgan fingerprint density at radius 1 is 0.672 bits per heavy atom. The molecule has 0 heterocycles. The van der Waals surface area contributed by atoms with E-state index < -0.39 is 23.2 Å². The van der Waals surface area contributed by atoms with Gasteiger partial charge in [-0.1, -0.05) is 101 Å². The van der Waals surface area contributed by atoms with Crippen LogP contribution in [0.15, 0.2) is 97.1 Å². The number of aliphatic hydroxyl groups excluding tert-OH is 2. The first-order chi connectivity index (χ1) is 30.7. The van der Waals surface area contributed by atoms with Crippen LogP contribution in [0.25, 0.3) is 33.4 Å². The third-order valence-corrected chi connectivity index (χ3v) is 12.6. The predicted octanol–water partition coefficient (Wildman–Crippen LogP) is 12.7. The van der Waals surface area contributed by atoms with Crippen LogP contribution >= 0.6 is 0 Å². The number of hydrogen-bond acceptors (Lipinski definition) is 7. The minimum Gasteiger partial charge on any atom is -0.493 e. The molecule has 0 aromatic heterocycles. The second kappa shape index (κ2) is 24.2. The van der Waals surface area contributed by atoms with Crippen molar-refractivity contribution in [3.63, 3.8) is 0 Å². The molecule has 64 heavy (non-hydrogen) atoms. The average Bonchev–Trinajstić information content (AvgIpc) is 3.29. The summed E-state index contributed by atoms with van der Waals surface area (Å²) in [6.07, 6.45) is 12.0. The fraction of sp³-hybridized carbons (Fsp3) is 0.455. The normalized spacial score (nSPS) is 15.1. The van der Waals surface area contributed by atoms with Crippen molar-refractivity contribution in [3.8, 4) is 39.1 Å². The Labute approximate surface area is 379 Å². The molecule has 1 saturated carbocycles. The van der Waals surface area contributed by atoms with Gasteiger partial charge in [0.25, 0.3) is 0 Å². The van der Waals surface area contributed by atoms with Crippen molar-refractivity contribution < 1.29 is 42.8 Å². The van der Waals surface area contributed by atoms with Gasteiger partial charge in [-0.05, 0) is 147 Å². The van der Waals surface area contributed by atoms with Gasteiger partial charge in [0.1, 0.15) is 17.4 Å². The van der Waals surface area contributed by atoms with E-state index in [2.05, 4.69) is 26.1 Å². The third kappa shape index (κ3) is 13.9. The SMILES string of the molecule is C=C(C)C(=O)OCCCc1cc(-c2ccc(-c3ccc(-c4ccc(C5CCC(CCCCC)CC5)cc4F)cc3)cc2F)cc(CCCOC(=O)C(=C)C)c1OCCC(C)(CO)CO. The molecule has 0 saturated heterocycles. The van der Waals surface area contributed by atoms with E-state index in [-0.39, 0.29) is 38.9 Å². The number of esters is 2. The maximum Gasteiger partial charge on any atom is 0.333 e. The number of carbonyl (C=O) groups excluding carboxylic acids is 2. The largest absolute Gasteiger partial charge is 0.493 e. The van der Waals surface area contributed by atoms with Gasteiger partial charge >= 0.3 is 11.9 Å². The Hall–Kier alpha value is -5.12. The zero-order valence-electron chi connectivity index (χ0n) is 38.4. The average molecular weight is 879 g/mol. The number of unbranched alkanes of at least 4 members (excludes halogenated alkanes) is 2. The number of hydrogen-bond donors (Lipinski definition) is 2. The highest BCUT2D eigenvalue weighted by molar-refractivity contribution is 5.87. The van der Waals surface area contributed by atoms with Gasteiger partial charge in [0, 0.05) is 27.7 Å². The van der Waals surface area contributed by atoms with E-state index >= 15 is 8.78 Å². The van der Waals surface area contributed by atoms with Crippen LogP contribution in [0.3, 0.4) is 0 Å². The molecule has 1 fully saturated rings. The molecule has 0 unspecified atom stereocenters. The van der Waals surface area contributed by atoms with E-state index in [1.54, 1.807) is 32.9 Å². The van der Waals surface area contributed by atoms with E-state index in [4.69, 9.17) is 14.2 Å². The summed E-state index contributed by atoms with van der Waals surface area (Å²) >= 11 is 0. The third-order valence-electron chi connectivity index (χ3n) is 12.6. The summed E-state index contributed by atoms with van der Waals surface area (Å²) in [4.78, 5) is 24.2. The van der Waals surface area contributed by atoms with Crippen molar-refractivity contribution in [2.75, 3.05) is 33.0 Å². The van der Waals surface area contributed by atoms with Gasteiger partial charge in [0.2, 0.25) is 0 Å². The van der Waals surface area contributed by atoms with Crippen LogP contribution in [0.1, 0.15) is 121 Å². The molecule has 1 aliphatic rings. The van der Waals surface area contributed by atoms with Gasteiger partial charge < -0.3 is 24.4 Å². The van der Waals surface area contributed by atoms with E-state index in [1.807, 2.05) is 48.5 Å². The number of rotatable bonds is 24. The number of carbonyl (C=O) groups is 2. The molecule has 7 nitrogen and oxygen atoms in total. The summed E-state index contributed by atoms with van der Waals surface area (Å²) in [5, 5.41) is 19.8. The molecule has 0 spiro atoms. The zero-order chi connectivity index (χ0) is 46.2. The first-order valence-electron chi connectivity index (χ1n) is 23.1. The molecule has 4 aromatic rings. The summed E-state index contributed by atoms with van der Waals surface area (Å²) in [6.45, 7) is 14.5. The van der Waals surface area contributed by atoms with E-state index in [9.17, 15) is 19.8 Å². The smallest absolute Gasteiger partial charge is 0.333 e. The minimum absolute atomic E-state index is 0.133. The maximum absolute atomic E-state index is 16.4. The summed E-state index contributed by atoms with van der Waals surface area (Å²) in [5.74, 6) is 0.142. The summed E-state index contributed by atoms with van der Waals surface area (Å²) in [5.41, 5.74) is 6.19. The van der Waals surface area contributed by atoms with Crippen LogP contribution in [0.5, 0.6) is 5.75 Å². The summed E-state index contributed by atoms with van der Waals surface area (Å²) in [7, 11) is 0. The Balaban J connectivity index is 1.38. The fourth-order valence-corrected chi connectivity index (χ4v) is 8.43. The van der Waals surface area contributed by atoms with Crippen LogP contribution in [0, 0.1) is 23.0 Å². The minimum atomic E-state index is -0.757. The molecule has 4 aromatic carbocycles. The maximum atomic E-state index is 16.4. The van der Waals surface area contributed by atoms with E-state index in [0.29, 0.717) is 77.2 Å². The number of halogens is 2. The Morgan fingerprint density at radius 2 is 1.20 bits per heavy atom. The van der Waals surface area contributed by atoms with Crippen molar-refractivity contribution in [2.24, 2.45) is 11.3 Å². The molecule has 344 valence electrons. The van der Waals surface area contributed by atoms with Gasteiger partial charge in [-0.2, -0.15) is 0 Å². The molecule has 9 heteroatoms. The lowest BCUT2D eigenvalue weighted by atomic mass is 9.77. The number of aryl methyl sites for hydroxylation is 2. The van der Waals surface area contributed by atoms with E-state index in [0.717, 1.165) is 46.6 Å². The number of benzene rings is 4. The monoisotopic (exact) mass is 878 g/mol. The van der Waals surface area contributed by atoms with Crippen molar-refractivity contribution in [1.29, 1.82) is 0 Å². The lowest BCUT2D eigenvalue weighted by molar-refractivity contribution is -0.139. The Morgan fingerprint density at radius 3 is 1.73 bits per heavy atom. The van der Waals surface area contributed by atoms with Gasteiger partial charge in [-0.25, -0.2) is 18.4 Å². The predicted molar refractivity (Wildman–Crippen MR) is 252 cm³/mol. The van der Waals surface area contributed by atoms with Gasteiger partial charge in [-0.3, -0.25) is 0 Å². The van der Waals surface area contributed by atoms with Crippen molar-refractivity contribution in [1.82, 2.24) is 0 Å². The quantitative estimate of drug-likeness (QED) is 0.0410. The van der Waals surface area contributed by atoms with Crippen molar-refractivity contribution in [3.05, 3.63) is 125 Å². The zero-order valence-corrected chi connectivity index (χ0v) is 38.4. The molecular weight excluding hydrogens is 811 g/mol. The summed E-state index contributed by atoms with van der Waals surface area (Å²) < 4.78 is 49.2. The highest BCUT2D eigenvalue weighted by Crippen LogP contribution is 2.40. The Kier molecular flexibility index (Phi) is 18.9. The molecule has 0 amide bonds. The first-order valence-corrected chi connectivity index (χ1v) is 23.1. The van der Waals surface area contributed by atoms with Crippen LogP contribution in [0.4, 0.5) is 8.78 Å². The van der Waals surface area contributed by atoms with Crippen LogP contribution in [0.2, 0.25) is 0 Å². The molecule has 0 radical (unpaired) electrons. The molecule has 5 rings (SSSR count). The van der Waals surface area contributed by atoms with Crippen molar-refractivity contribution >= 4 is 11.9 Å². The molecule has 0 aliphatic heterocycles. The standard InChI is InChI=1S/C55H68F2O7/c1-7-8-9-12-39-15-17-40(18-16-39)43-23-25-48(50(56)33-43)42-21-19-41(20-22-42)44-24-26-49(51(57)34-44)47-31-45(13-10-28-63-53(60)37(2)3)52(62-30-27-55(6,35-58)36-59)46(32-47)14-11-29-64-54(61)38(4)5/h19-26,31-34,39-40,58-59H,2,4,7-18,27-30,35-36H2,1,3,5-6H3. The van der Waals surface area contributed by atoms with Gasteiger partial charge in [0.05, 0.1) is 33.0 Å². The van der Waals surface area contributed by atoms with E-state index in [1.165, 1.54) is 44.6 Å². The Bertz CT molecular complexity index is 2140. The molecule has 0 atom stereocenters. The second-order valence-corrected chi connectivity index (χ2v) is 18.1.